The highest BCUT2D eigenvalue weighted by Crippen LogP contribution is 2.40. The minimum Gasteiger partial charge on any atom is -0.378 e. The monoisotopic (exact) mass is 371 g/mol. The molecule has 0 N–H and O–H groups in total. The average molecular weight is 371 g/mol. The van der Waals surface area contributed by atoms with Gasteiger partial charge in [0.1, 0.15) is 0 Å². The van der Waals surface area contributed by atoms with E-state index >= 15 is 0 Å². The van der Waals surface area contributed by atoms with Gasteiger partial charge in [-0.2, -0.15) is 0 Å². The molecule has 1 fully saturated rings. The van der Waals surface area contributed by atoms with E-state index in [9.17, 15) is 4.79 Å². The summed E-state index contributed by atoms with van der Waals surface area (Å²) in [6, 6.07) is 16.0. The quantitative estimate of drug-likeness (QED) is 0.549. The molecule has 1 saturated heterocycles. The zero-order valence-electron chi connectivity index (χ0n) is 15.8. The lowest BCUT2D eigenvalue weighted by molar-refractivity contribution is 0.104. The number of hydrogen-bond donors (Lipinski definition) is 0. The van der Waals surface area contributed by atoms with Gasteiger partial charge in [0.25, 0.3) is 0 Å². The van der Waals surface area contributed by atoms with Crippen molar-refractivity contribution in [1.29, 1.82) is 0 Å². The maximum absolute atomic E-state index is 13.2. The summed E-state index contributed by atoms with van der Waals surface area (Å²) in [6.07, 6.45) is 0.978. The number of anilines is 1. The molecule has 0 amide bonds. The Balaban J connectivity index is 1.72. The minimum atomic E-state index is 0.00805. The number of ether oxygens (including phenoxy) is 1. The van der Waals surface area contributed by atoms with E-state index in [1.54, 1.807) is 0 Å². The molecule has 1 aliphatic heterocycles. The number of carbonyl (C=O) groups is 1. The maximum Gasteiger partial charge on any atom is 0.226 e. The van der Waals surface area contributed by atoms with Gasteiger partial charge in [0.2, 0.25) is 5.95 Å². The summed E-state index contributed by atoms with van der Waals surface area (Å²) in [7, 11) is 0. The topological polar surface area (TPSA) is 55.3 Å². The van der Waals surface area contributed by atoms with Crippen LogP contribution in [0.25, 0.3) is 22.5 Å². The average Bonchev–Trinajstić information content (AvgIpc) is 3.06. The third-order valence-electron chi connectivity index (χ3n) is 5.48. The Morgan fingerprint density at radius 3 is 2.32 bits per heavy atom. The highest BCUT2D eigenvalue weighted by molar-refractivity contribution is 6.23. The third kappa shape index (κ3) is 2.70. The fraction of sp³-hybridized carbons (Fsp3) is 0.261. The van der Waals surface area contributed by atoms with Crippen LogP contribution in [0, 0.1) is 0 Å². The van der Waals surface area contributed by atoms with Gasteiger partial charge in [0, 0.05) is 29.8 Å². The van der Waals surface area contributed by atoms with E-state index in [1.807, 2.05) is 24.3 Å². The van der Waals surface area contributed by atoms with Gasteiger partial charge in [-0.15, -0.1) is 0 Å². The number of hydrogen-bond acceptors (Lipinski definition) is 5. The fourth-order valence-corrected chi connectivity index (χ4v) is 3.89. The van der Waals surface area contributed by atoms with Crippen molar-refractivity contribution in [2.45, 2.75) is 13.3 Å². The zero-order chi connectivity index (χ0) is 19.1. The molecule has 28 heavy (non-hydrogen) atoms. The van der Waals surface area contributed by atoms with Crippen LogP contribution in [0.2, 0.25) is 0 Å². The number of aromatic nitrogens is 2. The highest BCUT2D eigenvalue weighted by atomic mass is 16.5. The molecule has 2 heterocycles. The fourth-order valence-electron chi connectivity index (χ4n) is 3.89. The predicted octanol–water partition coefficient (Wildman–Crippen LogP) is 3.75. The first kappa shape index (κ1) is 17.1. The molecule has 3 aromatic rings. The number of carbonyl (C=O) groups excluding carboxylic acids is 1. The van der Waals surface area contributed by atoms with Crippen LogP contribution in [0.4, 0.5) is 5.95 Å². The van der Waals surface area contributed by atoms with E-state index in [1.165, 1.54) is 5.56 Å². The first-order chi connectivity index (χ1) is 13.8. The summed E-state index contributed by atoms with van der Waals surface area (Å²) in [5.74, 6) is 0.676. The number of nitrogens with zero attached hydrogens (tertiary/aromatic N) is 3. The van der Waals surface area contributed by atoms with Gasteiger partial charge in [-0.05, 0) is 12.0 Å². The Hall–Kier alpha value is -3.05. The van der Waals surface area contributed by atoms with E-state index in [0.717, 1.165) is 42.0 Å². The van der Waals surface area contributed by atoms with Crippen LogP contribution in [0.1, 0.15) is 28.4 Å². The van der Waals surface area contributed by atoms with Gasteiger partial charge < -0.3 is 9.64 Å². The second-order valence-electron chi connectivity index (χ2n) is 7.12. The van der Waals surface area contributed by atoms with E-state index in [0.29, 0.717) is 30.3 Å². The Kier molecular flexibility index (Phi) is 4.17. The second kappa shape index (κ2) is 6.84. The molecule has 1 aromatic heterocycles. The Bertz CT molecular complexity index is 1050. The smallest absolute Gasteiger partial charge is 0.226 e. The largest absolute Gasteiger partial charge is 0.378 e. The van der Waals surface area contributed by atoms with Crippen LogP contribution in [-0.2, 0) is 11.2 Å². The highest BCUT2D eigenvalue weighted by Gasteiger charge is 2.33. The number of ketones is 1. The van der Waals surface area contributed by atoms with Crippen molar-refractivity contribution >= 4 is 11.7 Å². The molecular weight excluding hydrogens is 350 g/mol. The summed E-state index contributed by atoms with van der Waals surface area (Å²) in [5, 5.41) is 0. The molecule has 0 bridgehead atoms. The molecule has 5 nitrogen and oxygen atoms in total. The lowest BCUT2D eigenvalue weighted by Gasteiger charge is -2.27. The van der Waals surface area contributed by atoms with Crippen LogP contribution in [0.15, 0.2) is 48.5 Å². The van der Waals surface area contributed by atoms with Gasteiger partial charge in [-0.3, -0.25) is 4.79 Å². The van der Waals surface area contributed by atoms with Gasteiger partial charge in [0.15, 0.2) is 5.78 Å². The lowest BCUT2D eigenvalue weighted by atomic mass is 10.0. The normalized spacial score (nSPS) is 15.5. The van der Waals surface area contributed by atoms with Crippen molar-refractivity contribution in [1.82, 2.24) is 9.97 Å². The van der Waals surface area contributed by atoms with Gasteiger partial charge >= 0.3 is 0 Å². The molecular formula is C23H21N3O2. The van der Waals surface area contributed by atoms with E-state index in [2.05, 4.69) is 36.1 Å². The molecule has 0 unspecified atom stereocenters. The summed E-state index contributed by atoms with van der Waals surface area (Å²) in [5.41, 5.74) is 5.89. The molecule has 5 heteroatoms. The Labute approximate surface area is 164 Å². The van der Waals surface area contributed by atoms with E-state index < -0.39 is 0 Å². The molecule has 1 aliphatic carbocycles. The predicted molar refractivity (Wildman–Crippen MR) is 109 cm³/mol. The standard InChI is InChI=1S/C23H21N3O2/c1-2-15-7-9-16(10-8-15)20-19-21(17-5-3-4-6-18(17)22(19)27)25-23(24-20)26-11-13-28-14-12-26/h3-10H,2,11-14H2,1H3. The van der Waals surface area contributed by atoms with Gasteiger partial charge in [-0.25, -0.2) is 9.97 Å². The lowest BCUT2D eigenvalue weighted by Crippen LogP contribution is -2.37. The van der Waals surface area contributed by atoms with E-state index in [4.69, 9.17) is 14.7 Å². The molecule has 0 spiro atoms. The second-order valence-corrected chi connectivity index (χ2v) is 7.12. The molecule has 2 aliphatic rings. The van der Waals surface area contributed by atoms with Gasteiger partial charge in [0.05, 0.1) is 30.2 Å². The van der Waals surface area contributed by atoms with Crippen molar-refractivity contribution in [3.8, 4) is 22.5 Å². The summed E-state index contributed by atoms with van der Waals surface area (Å²) in [6.45, 7) is 4.96. The first-order valence-corrected chi connectivity index (χ1v) is 9.74. The van der Waals surface area contributed by atoms with Crippen LogP contribution in [0.3, 0.4) is 0 Å². The van der Waals surface area contributed by atoms with Gasteiger partial charge in [-0.1, -0.05) is 55.5 Å². The van der Waals surface area contributed by atoms with Crippen molar-refractivity contribution in [3.63, 3.8) is 0 Å². The number of morpholine rings is 1. The van der Waals surface area contributed by atoms with Crippen molar-refractivity contribution in [2.75, 3.05) is 31.2 Å². The van der Waals surface area contributed by atoms with Crippen LogP contribution in [0.5, 0.6) is 0 Å². The van der Waals surface area contributed by atoms with E-state index in [-0.39, 0.29) is 5.78 Å². The molecule has 140 valence electrons. The van der Waals surface area contributed by atoms with Crippen LogP contribution < -0.4 is 4.90 Å². The van der Waals surface area contributed by atoms with Crippen molar-refractivity contribution < 1.29 is 9.53 Å². The summed E-state index contributed by atoms with van der Waals surface area (Å²) >= 11 is 0. The number of fused-ring (bicyclic) bond motifs is 3. The van der Waals surface area contributed by atoms with Crippen molar-refractivity contribution in [3.05, 3.63) is 65.2 Å². The van der Waals surface area contributed by atoms with Crippen LogP contribution in [-0.4, -0.2) is 42.1 Å². The van der Waals surface area contributed by atoms with Crippen LogP contribution >= 0.6 is 0 Å². The number of benzene rings is 2. The summed E-state index contributed by atoms with van der Waals surface area (Å²) < 4.78 is 5.48. The summed E-state index contributed by atoms with van der Waals surface area (Å²) in [4.78, 5) is 25.0. The maximum atomic E-state index is 13.2. The number of rotatable bonds is 3. The first-order valence-electron chi connectivity index (χ1n) is 9.74. The minimum absolute atomic E-state index is 0.00805. The SMILES string of the molecule is CCc1ccc(-c2nc(N3CCOCC3)nc3c2C(=O)c2ccccc2-3)cc1. The molecule has 0 atom stereocenters. The molecule has 0 radical (unpaired) electrons. The number of aryl methyl sites for hydroxylation is 1. The third-order valence-corrected chi connectivity index (χ3v) is 5.48. The zero-order valence-corrected chi connectivity index (χ0v) is 15.8. The molecule has 2 aromatic carbocycles. The van der Waals surface area contributed by atoms with Crippen molar-refractivity contribution in [2.24, 2.45) is 0 Å². The molecule has 0 saturated carbocycles. The molecule has 5 rings (SSSR count). The Morgan fingerprint density at radius 2 is 1.61 bits per heavy atom. The Morgan fingerprint density at radius 1 is 0.929 bits per heavy atom.